The van der Waals surface area contributed by atoms with Gasteiger partial charge in [-0.3, -0.25) is 9.78 Å². The normalized spacial score (nSPS) is 12.1. The average molecular weight is 618 g/mol. The number of fused-ring (bicyclic) bond motifs is 2. The van der Waals surface area contributed by atoms with E-state index < -0.39 is 23.9 Å². The van der Waals surface area contributed by atoms with Crippen LogP contribution in [-0.4, -0.2) is 47.5 Å². The Kier molecular flexibility index (Phi) is 8.03. The summed E-state index contributed by atoms with van der Waals surface area (Å²) in [5.74, 6) is 0.788. The Hall–Kier alpha value is -5.88. The van der Waals surface area contributed by atoms with Crippen molar-refractivity contribution in [3.05, 3.63) is 97.0 Å². The summed E-state index contributed by atoms with van der Waals surface area (Å²) < 4.78 is 12.0. The highest BCUT2D eigenvalue weighted by molar-refractivity contribution is 5.95. The molecule has 0 saturated heterocycles. The molecule has 12 heteroatoms. The second-order valence-electron chi connectivity index (χ2n) is 11.5. The molecule has 3 aromatic heterocycles. The number of nitrogens with one attached hydrogen (secondary N) is 2. The van der Waals surface area contributed by atoms with Gasteiger partial charge >= 0.3 is 12.1 Å². The summed E-state index contributed by atoms with van der Waals surface area (Å²) in [4.78, 5) is 38.1. The van der Waals surface area contributed by atoms with Gasteiger partial charge in [0, 0.05) is 52.6 Å². The number of anilines is 3. The van der Waals surface area contributed by atoms with Crippen molar-refractivity contribution >= 4 is 51.1 Å². The van der Waals surface area contributed by atoms with E-state index in [0.717, 1.165) is 0 Å². The molecule has 0 radical (unpaired) electrons. The number of aliphatic hydroxyl groups is 1. The number of nitrogens with zero attached hydrogens (tertiary/aromatic N) is 5. The van der Waals surface area contributed by atoms with Gasteiger partial charge in [-0.15, -0.1) is 0 Å². The highest BCUT2D eigenvalue weighted by Crippen LogP contribution is 2.32. The summed E-state index contributed by atoms with van der Waals surface area (Å²) >= 11 is 0. The lowest BCUT2D eigenvalue weighted by Gasteiger charge is -2.19. The predicted octanol–water partition coefficient (Wildman–Crippen LogP) is 6.60. The highest BCUT2D eigenvalue weighted by Gasteiger charge is 2.20. The van der Waals surface area contributed by atoms with E-state index in [1.807, 2.05) is 30.3 Å². The van der Waals surface area contributed by atoms with Crippen LogP contribution in [0.4, 0.5) is 22.0 Å². The molecular weight excluding hydrogens is 586 g/mol. The monoisotopic (exact) mass is 617 g/mol. The van der Waals surface area contributed by atoms with Crippen LogP contribution in [0.25, 0.3) is 33.2 Å². The molecule has 1 unspecified atom stereocenters. The topological polar surface area (TPSA) is 153 Å². The zero-order valence-electron chi connectivity index (χ0n) is 25.6. The van der Waals surface area contributed by atoms with Crippen LogP contribution in [0, 0.1) is 0 Å². The maximum Gasteiger partial charge on any atom is 0.435 e. The fourth-order valence-corrected chi connectivity index (χ4v) is 4.79. The summed E-state index contributed by atoms with van der Waals surface area (Å²) in [6, 6.07) is 21.5. The third-order valence-electron chi connectivity index (χ3n) is 6.75. The second-order valence-corrected chi connectivity index (χ2v) is 11.5. The first kappa shape index (κ1) is 30.2. The summed E-state index contributed by atoms with van der Waals surface area (Å²) in [6.07, 6.45) is 3.29. The SMILES string of the molecule is CC(=O)Oc1ccc2nc(-c3cccc(NC(O)c4cccnc4)c3)nc(Nc3ccc4c(cnn4C(=O)OC(C)(C)C)c3)c2c1. The van der Waals surface area contributed by atoms with Crippen LogP contribution in [0.1, 0.15) is 39.5 Å². The van der Waals surface area contributed by atoms with E-state index in [1.54, 1.807) is 81.8 Å². The van der Waals surface area contributed by atoms with E-state index in [1.165, 1.54) is 11.6 Å². The fraction of sp³-hybridized carbons (Fsp3) is 0.176. The molecule has 3 N–H and O–H groups in total. The number of rotatable bonds is 7. The number of ether oxygens (including phenoxy) is 2. The number of hydrogen-bond acceptors (Lipinski definition) is 11. The lowest BCUT2D eigenvalue weighted by Crippen LogP contribution is -2.27. The summed E-state index contributed by atoms with van der Waals surface area (Å²) in [7, 11) is 0. The largest absolute Gasteiger partial charge is 0.442 e. The minimum absolute atomic E-state index is 0.351. The van der Waals surface area contributed by atoms with Gasteiger partial charge in [0.05, 0.1) is 17.2 Å². The first-order chi connectivity index (χ1) is 22.0. The van der Waals surface area contributed by atoms with Crippen LogP contribution < -0.4 is 15.4 Å². The van der Waals surface area contributed by atoms with Gasteiger partial charge in [0.1, 0.15) is 17.2 Å². The maximum atomic E-state index is 12.7. The Morgan fingerprint density at radius 2 is 1.78 bits per heavy atom. The Morgan fingerprint density at radius 1 is 0.935 bits per heavy atom. The number of carbonyl (C=O) groups excluding carboxylic acids is 2. The van der Waals surface area contributed by atoms with Crippen molar-refractivity contribution in [1.82, 2.24) is 24.7 Å². The van der Waals surface area contributed by atoms with Crippen molar-refractivity contribution in [2.24, 2.45) is 0 Å². The molecule has 12 nitrogen and oxygen atoms in total. The van der Waals surface area contributed by atoms with E-state index in [2.05, 4.69) is 20.7 Å². The molecule has 0 spiro atoms. The van der Waals surface area contributed by atoms with Gasteiger partial charge < -0.3 is 25.2 Å². The van der Waals surface area contributed by atoms with E-state index in [9.17, 15) is 14.7 Å². The number of esters is 1. The van der Waals surface area contributed by atoms with Crippen molar-refractivity contribution in [2.75, 3.05) is 10.6 Å². The number of aliphatic hydroxyl groups excluding tert-OH is 1. The zero-order chi connectivity index (χ0) is 32.4. The lowest BCUT2D eigenvalue weighted by atomic mass is 10.1. The first-order valence-corrected chi connectivity index (χ1v) is 14.5. The molecule has 3 heterocycles. The lowest BCUT2D eigenvalue weighted by molar-refractivity contribution is -0.131. The van der Waals surface area contributed by atoms with Gasteiger partial charge in [-0.2, -0.15) is 9.78 Å². The van der Waals surface area contributed by atoms with E-state index in [0.29, 0.717) is 61.7 Å². The van der Waals surface area contributed by atoms with Crippen LogP contribution >= 0.6 is 0 Å². The fourth-order valence-electron chi connectivity index (χ4n) is 4.79. The second kappa shape index (κ2) is 12.3. The third-order valence-corrected chi connectivity index (χ3v) is 6.75. The summed E-state index contributed by atoms with van der Waals surface area (Å²) in [5, 5.41) is 22.7. The van der Waals surface area contributed by atoms with Crippen molar-refractivity contribution in [3.63, 3.8) is 0 Å². The number of hydrogen-bond donors (Lipinski definition) is 3. The smallest absolute Gasteiger partial charge is 0.435 e. The molecule has 3 aromatic carbocycles. The number of carbonyl (C=O) groups is 2. The zero-order valence-corrected chi connectivity index (χ0v) is 25.6. The Bertz CT molecular complexity index is 2070. The molecule has 0 bridgehead atoms. The van der Waals surface area contributed by atoms with Crippen molar-refractivity contribution < 1.29 is 24.2 Å². The minimum atomic E-state index is -0.965. The van der Waals surface area contributed by atoms with Crippen LogP contribution in [0.5, 0.6) is 5.75 Å². The molecule has 0 aliphatic heterocycles. The number of benzene rings is 3. The molecule has 232 valence electrons. The van der Waals surface area contributed by atoms with Gasteiger partial charge in [0.2, 0.25) is 0 Å². The standard InChI is InChI=1S/C34H31N7O5/c1-20(42)45-26-11-12-28-27(17-26)31(37-25-10-13-29-23(16-25)19-36-41(29)33(44)46-34(2,3)4)40-30(39-28)21-7-5-9-24(15-21)38-32(43)22-8-6-14-35-18-22/h5-19,32,38,43H,1-4H3,(H,37,39,40). The van der Waals surface area contributed by atoms with Gasteiger partial charge in [0.25, 0.3) is 0 Å². The highest BCUT2D eigenvalue weighted by atomic mass is 16.6. The van der Waals surface area contributed by atoms with E-state index in [4.69, 9.17) is 19.4 Å². The molecule has 0 fully saturated rings. The molecule has 0 amide bonds. The first-order valence-electron chi connectivity index (χ1n) is 14.5. The molecule has 6 aromatic rings. The minimum Gasteiger partial charge on any atom is -0.442 e. The number of pyridine rings is 1. The third kappa shape index (κ3) is 6.76. The predicted molar refractivity (Wildman–Crippen MR) is 174 cm³/mol. The molecule has 1 atom stereocenters. The molecule has 0 aliphatic rings. The van der Waals surface area contributed by atoms with Crippen LogP contribution in [0.15, 0.2) is 91.4 Å². The molecule has 6 rings (SSSR count). The average Bonchev–Trinajstić information content (AvgIpc) is 3.44. The van der Waals surface area contributed by atoms with E-state index in [-0.39, 0.29) is 0 Å². The Morgan fingerprint density at radius 3 is 2.54 bits per heavy atom. The van der Waals surface area contributed by atoms with Crippen LogP contribution in [0.3, 0.4) is 0 Å². The van der Waals surface area contributed by atoms with Gasteiger partial charge in [-0.1, -0.05) is 18.2 Å². The van der Waals surface area contributed by atoms with Gasteiger partial charge in [-0.05, 0) is 75.4 Å². The molecule has 46 heavy (non-hydrogen) atoms. The molecule has 0 saturated carbocycles. The van der Waals surface area contributed by atoms with E-state index >= 15 is 0 Å². The van der Waals surface area contributed by atoms with Crippen molar-refractivity contribution in [1.29, 1.82) is 0 Å². The molecular formula is C34H31N7O5. The Labute approximate surface area is 264 Å². The summed E-state index contributed by atoms with van der Waals surface area (Å²) in [6.45, 7) is 6.72. The quantitative estimate of drug-likeness (QED) is 0.101. The summed E-state index contributed by atoms with van der Waals surface area (Å²) in [5.41, 5.74) is 3.19. The van der Waals surface area contributed by atoms with Gasteiger partial charge in [0.15, 0.2) is 12.1 Å². The Balaban J connectivity index is 1.36. The van der Waals surface area contributed by atoms with Crippen LogP contribution in [0.2, 0.25) is 0 Å². The van der Waals surface area contributed by atoms with Crippen LogP contribution in [-0.2, 0) is 9.53 Å². The number of aromatic nitrogens is 5. The van der Waals surface area contributed by atoms with Crippen molar-refractivity contribution in [2.45, 2.75) is 39.5 Å². The van der Waals surface area contributed by atoms with Crippen molar-refractivity contribution in [3.8, 4) is 17.1 Å². The molecule has 0 aliphatic carbocycles. The van der Waals surface area contributed by atoms with Gasteiger partial charge in [-0.25, -0.2) is 14.8 Å². The maximum absolute atomic E-state index is 12.7.